The fraction of sp³-hybridized carbons (Fsp3) is 0.250. The van der Waals surface area contributed by atoms with Gasteiger partial charge in [0.15, 0.2) is 5.65 Å². The number of hydrogen-bond acceptors (Lipinski definition) is 4. The molecule has 1 aromatic carbocycles. The van der Waals surface area contributed by atoms with Crippen molar-refractivity contribution >= 4 is 11.2 Å². The summed E-state index contributed by atoms with van der Waals surface area (Å²) in [5, 5.41) is 0. The first-order valence-electron chi connectivity index (χ1n) is 6.90. The summed E-state index contributed by atoms with van der Waals surface area (Å²) in [7, 11) is 1.66. The maximum Gasteiger partial charge on any atom is 0.160 e. The molecule has 2 aromatic heterocycles. The third-order valence-corrected chi connectivity index (χ3v) is 3.40. The van der Waals surface area contributed by atoms with Gasteiger partial charge in [-0.1, -0.05) is 12.1 Å². The van der Waals surface area contributed by atoms with Crippen LogP contribution in [0, 0.1) is 6.92 Å². The van der Waals surface area contributed by atoms with Crippen molar-refractivity contribution < 1.29 is 4.74 Å². The first-order chi connectivity index (χ1) is 10.2. The number of aromatic nitrogens is 3. The van der Waals surface area contributed by atoms with Crippen LogP contribution in [0.5, 0.6) is 5.75 Å². The fourth-order valence-electron chi connectivity index (χ4n) is 2.44. The van der Waals surface area contributed by atoms with E-state index in [1.165, 1.54) is 0 Å². The number of benzene rings is 1. The molecule has 5 heteroatoms. The molecule has 0 atom stereocenters. The molecule has 0 bridgehead atoms. The van der Waals surface area contributed by atoms with E-state index in [0.29, 0.717) is 13.1 Å². The van der Waals surface area contributed by atoms with Crippen LogP contribution in [0.2, 0.25) is 0 Å². The highest BCUT2D eigenvalue weighted by molar-refractivity contribution is 5.78. The lowest BCUT2D eigenvalue weighted by Gasteiger charge is -2.08. The van der Waals surface area contributed by atoms with Gasteiger partial charge >= 0.3 is 0 Å². The molecule has 2 heterocycles. The lowest BCUT2D eigenvalue weighted by atomic mass is 10.2. The van der Waals surface area contributed by atoms with E-state index in [2.05, 4.69) is 9.55 Å². The lowest BCUT2D eigenvalue weighted by molar-refractivity contribution is 0.415. The Bertz CT molecular complexity index is 779. The van der Waals surface area contributed by atoms with Crippen molar-refractivity contribution in [2.24, 2.45) is 5.73 Å². The quantitative estimate of drug-likeness (QED) is 0.798. The summed E-state index contributed by atoms with van der Waals surface area (Å²) in [6.45, 7) is 3.23. The molecule has 3 rings (SSSR count). The molecule has 108 valence electrons. The molecule has 0 aliphatic carbocycles. The summed E-state index contributed by atoms with van der Waals surface area (Å²) in [6.07, 6.45) is 1.85. The SMILES string of the molecule is COc1cccc(-c2nc3cc(C)cnc3n2CCN)c1. The van der Waals surface area contributed by atoms with Crippen molar-refractivity contribution in [2.75, 3.05) is 13.7 Å². The van der Waals surface area contributed by atoms with Gasteiger partial charge in [-0.05, 0) is 30.7 Å². The predicted octanol–water partition coefficient (Wildman–Crippen LogP) is 2.37. The number of methoxy groups -OCH3 is 1. The summed E-state index contributed by atoms with van der Waals surface area (Å²) in [4.78, 5) is 9.23. The van der Waals surface area contributed by atoms with Crippen LogP contribution in [0.4, 0.5) is 0 Å². The average molecular weight is 282 g/mol. The van der Waals surface area contributed by atoms with Crippen molar-refractivity contribution in [1.82, 2.24) is 14.5 Å². The average Bonchev–Trinajstić information content (AvgIpc) is 2.85. The molecular formula is C16H18N4O. The Morgan fingerprint density at radius 2 is 2.14 bits per heavy atom. The van der Waals surface area contributed by atoms with Crippen molar-refractivity contribution in [1.29, 1.82) is 0 Å². The normalized spacial score (nSPS) is 11.0. The highest BCUT2D eigenvalue weighted by atomic mass is 16.5. The van der Waals surface area contributed by atoms with Gasteiger partial charge in [0.2, 0.25) is 0 Å². The molecule has 0 fully saturated rings. The Balaban J connectivity index is 2.22. The van der Waals surface area contributed by atoms with Crippen molar-refractivity contribution in [3.05, 3.63) is 42.1 Å². The van der Waals surface area contributed by atoms with E-state index in [-0.39, 0.29) is 0 Å². The molecule has 3 aromatic rings. The van der Waals surface area contributed by atoms with Gasteiger partial charge in [0.05, 0.1) is 7.11 Å². The van der Waals surface area contributed by atoms with Gasteiger partial charge in [0, 0.05) is 24.8 Å². The largest absolute Gasteiger partial charge is 0.497 e. The van der Waals surface area contributed by atoms with Gasteiger partial charge in [0.1, 0.15) is 17.1 Å². The van der Waals surface area contributed by atoms with Gasteiger partial charge in [-0.25, -0.2) is 9.97 Å². The van der Waals surface area contributed by atoms with E-state index in [4.69, 9.17) is 15.5 Å². The molecule has 0 radical (unpaired) electrons. The topological polar surface area (TPSA) is 66.0 Å². The fourth-order valence-corrected chi connectivity index (χ4v) is 2.44. The van der Waals surface area contributed by atoms with Crippen LogP contribution in [0.25, 0.3) is 22.6 Å². The Morgan fingerprint density at radius 1 is 1.29 bits per heavy atom. The molecule has 2 N–H and O–H groups in total. The van der Waals surface area contributed by atoms with Crippen LogP contribution >= 0.6 is 0 Å². The minimum atomic E-state index is 0.540. The predicted molar refractivity (Wildman–Crippen MR) is 83.3 cm³/mol. The van der Waals surface area contributed by atoms with Crippen LogP contribution in [-0.4, -0.2) is 28.2 Å². The Kier molecular flexibility index (Phi) is 3.58. The van der Waals surface area contributed by atoms with Crippen molar-refractivity contribution in [3.8, 4) is 17.1 Å². The zero-order valence-electron chi connectivity index (χ0n) is 12.2. The highest BCUT2D eigenvalue weighted by Crippen LogP contribution is 2.26. The van der Waals surface area contributed by atoms with Crippen molar-refractivity contribution in [2.45, 2.75) is 13.5 Å². The standard InChI is InChI=1S/C16H18N4O/c1-11-8-14-16(18-10-11)20(7-6-17)15(19-14)12-4-3-5-13(9-12)21-2/h3-5,8-10H,6-7,17H2,1-2H3. The zero-order valence-corrected chi connectivity index (χ0v) is 12.2. The molecule has 0 spiro atoms. The van der Waals surface area contributed by atoms with E-state index in [1.54, 1.807) is 7.11 Å². The zero-order chi connectivity index (χ0) is 14.8. The Morgan fingerprint density at radius 3 is 2.90 bits per heavy atom. The molecule has 0 aliphatic heterocycles. The third kappa shape index (κ3) is 2.48. The molecule has 0 saturated heterocycles. The van der Waals surface area contributed by atoms with Crippen LogP contribution in [0.1, 0.15) is 5.56 Å². The Labute approximate surface area is 123 Å². The molecule has 0 amide bonds. The van der Waals surface area contributed by atoms with E-state index in [1.807, 2.05) is 43.5 Å². The number of ether oxygens (including phenoxy) is 1. The highest BCUT2D eigenvalue weighted by Gasteiger charge is 2.13. The number of imidazole rings is 1. The van der Waals surface area contributed by atoms with E-state index in [0.717, 1.165) is 33.9 Å². The van der Waals surface area contributed by atoms with E-state index in [9.17, 15) is 0 Å². The van der Waals surface area contributed by atoms with Crippen LogP contribution in [0.3, 0.4) is 0 Å². The molecule has 0 aliphatic rings. The minimum Gasteiger partial charge on any atom is -0.497 e. The van der Waals surface area contributed by atoms with Crippen LogP contribution in [0.15, 0.2) is 36.5 Å². The van der Waals surface area contributed by atoms with Gasteiger partial charge in [0.25, 0.3) is 0 Å². The van der Waals surface area contributed by atoms with Gasteiger partial charge in [-0.2, -0.15) is 0 Å². The summed E-state index contributed by atoms with van der Waals surface area (Å²) in [6, 6.07) is 9.91. The lowest BCUT2D eigenvalue weighted by Crippen LogP contribution is -2.11. The number of pyridine rings is 1. The molecule has 21 heavy (non-hydrogen) atoms. The summed E-state index contributed by atoms with van der Waals surface area (Å²) >= 11 is 0. The number of nitrogens with two attached hydrogens (primary N) is 1. The summed E-state index contributed by atoms with van der Waals surface area (Å²) < 4.78 is 7.35. The van der Waals surface area contributed by atoms with Crippen LogP contribution < -0.4 is 10.5 Å². The number of nitrogens with zero attached hydrogens (tertiary/aromatic N) is 3. The summed E-state index contributed by atoms with van der Waals surface area (Å²) in [5.74, 6) is 1.68. The monoisotopic (exact) mass is 282 g/mol. The van der Waals surface area contributed by atoms with E-state index < -0.39 is 0 Å². The van der Waals surface area contributed by atoms with Gasteiger partial charge in [-0.3, -0.25) is 0 Å². The maximum absolute atomic E-state index is 5.74. The molecular weight excluding hydrogens is 264 g/mol. The summed E-state index contributed by atoms with van der Waals surface area (Å²) in [5.41, 5.74) is 9.59. The first-order valence-corrected chi connectivity index (χ1v) is 6.90. The second kappa shape index (κ2) is 5.54. The number of fused-ring (bicyclic) bond motifs is 1. The number of rotatable bonds is 4. The van der Waals surface area contributed by atoms with Gasteiger partial charge < -0.3 is 15.0 Å². The Hall–Kier alpha value is -2.40. The third-order valence-electron chi connectivity index (χ3n) is 3.40. The van der Waals surface area contributed by atoms with E-state index >= 15 is 0 Å². The molecule has 0 unspecified atom stereocenters. The number of hydrogen-bond donors (Lipinski definition) is 1. The van der Waals surface area contributed by atoms with Crippen molar-refractivity contribution in [3.63, 3.8) is 0 Å². The smallest absolute Gasteiger partial charge is 0.160 e. The molecule has 5 nitrogen and oxygen atoms in total. The second-order valence-corrected chi connectivity index (χ2v) is 4.96. The minimum absolute atomic E-state index is 0.540. The number of aryl methyl sites for hydroxylation is 1. The second-order valence-electron chi connectivity index (χ2n) is 4.96. The maximum atomic E-state index is 5.74. The van der Waals surface area contributed by atoms with Crippen LogP contribution in [-0.2, 0) is 6.54 Å². The van der Waals surface area contributed by atoms with Gasteiger partial charge in [-0.15, -0.1) is 0 Å². The molecule has 0 saturated carbocycles. The first kappa shape index (κ1) is 13.6.